The highest BCUT2D eigenvalue weighted by molar-refractivity contribution is 8.93. The van der Waals surface area contributed by atoms with Crippen LogP contribution in [0.1, 0.15) is 0 Å². The predicted molar refractivity (Wildman–Crippen MR) is 89.8 cm³/mol. The first-order chi connectivity index (χ1) is 0. The van der Waals surface area contributed by atoms with Crippen molar-refractivity contribution < 1.29 is 11.0 Å². The molecule has 0 heterocycles. The van der Waals surface area contributed by atoms with E-state index in [1.807, 2.05) is 0 Å². The normalized spacial score (nSPS) is 0. The maximum atomic E-state index is 0. The summed E-state index contributed by atoms with van der Waals surface area (Å²) in [6, 6.07) is 0. The Morgan fingerprint density at radius 3 is 0.200 bits per heavy atom. The number of hydrogen-bond donors (Lipinski definition) is 0. The van der Waals surface area contributed by atoms with Crippen LogP contribution in [0.2, 0.25) is 0 Å². The van der Waals surface area contributed by atoms with Gasteiger partial charge in [-0.15, -0.1) is 136 Å². The van der Waals surface area contributed by atoms with E-state index in [1.54, 1.807) is 0 Å². The summed E-state index contributed by atoms with van der Waals surface area (Å²) >= 11 is 0. The lowest BCUT2D eigenvalue weighted by Gasteiger charge is -0.413. The summed E-state index contributed by atoms with van der Waals surface area (Å²) in [5.41, 5.74) is 0. The van der Waals surface area contributed by atoms with Crippen LogP contribution in [0.25, 0.3) is 0 Å². The summed E-state index contributed by atoms with van der Waals surface area (Å²) in [6.45, 7) is 0. The molecule has 4 N–H and O–H groups in total. The molecule has 0 aliphatic rings. The van der Waals surface area contributed by atoms with Crippen LogP contribution in [0.5, 0.6) is 0 Å². The molecule has 0 rings (SSSR count). The molecule has 80 valence electrons. The third kappa shape index (κ3) is 96.3. The van der Waals surface area contributed by atoms with Crippen molar-refractivity contribution in [3.05, 3.63) is 0 Å². The van der Waals surface area contributed by atoms with Crippen molar-refractivity contribution in [3.63, 3.8) is 0 Å². The van der Waals surface area contributed by atoms with E-state index in [2.05, 4.69) is 0 Å². The van der Waals surface area contributed by atoms with E-state index in [-0.39, 0.29) is 147 Å². The van der Waals surface area contributed by atoms with Gasteiger partial charge in [0.1, 0.15) is 0 Å². The first-order valence-corrected chi connectivity index (χ1v) is 0. The smallest absolute Gasteiger partial charge is 0.114 e. The maximum absolute atomic E-state index is 0. The predicted octanol–water partition coefficient (Wildman–Crippen LogP) is 2.97. The van der Waals surface area contributed by atoms with Crippen molar-refractivity contribution in [2.24, 2.45) is 0 Å². The van der Waals surface area contributed by atoms with Crippen LogP contribution in [0.3, 0.4) is 0 Å². The van der Waals surface area contributed by atoms with Crippen LogP contribution in [-0.4, -0.2) is 11.0 Å². The van der Waals surface area contributed by atoms with Gasteiger partial charge in [-0.05, 0) is 0 Å². The Bertz CT molecular complexity index is 7.22. The van der Waals surface area contributed by atoms with Crippen LogP contribution in [0.15, 0.2) is 0 Å². The molecule has 0 radical (unpaired) electrons. The number of hydrogen-bond acceptors (Lipinski definition) is 0. The fraction of sp³-hybridized carbons (Fsp3) is 0. The minimum atomic E-state index is 0. The zero-order chi connectivity index (χ0) is 0. The molecule has 0 aromatic rings. The highest BCUT2D eigenvalue weighted by atomic mass is 79.9. The van der Waals surface area contributed by atoms with E-state index >= 15 is 0 Å². The average Bonchev–Trinajstić information content (AvgIpc) is 0. The second-order valence-electron chi connectivity index (χ2n) is 0. The van der Waals surface area contributed by atoms with Crippen LogP contribution < -0.4 is 0 Å². The molecule has 0 unspecified atom stereocenters. The van der Waals surface area contributed by atoms with E-state index in [1.165, 1.54) is 0 Å². The number of halogens is 8. The lowest BCUT2D eigenvalue weighted by molar-refractivity contribution is 0.823. The van der Waals surface area contributed by atoms with Crippen molar-refractivity contribution in [1.29, 1.82) is 0 Å². The standard InChI is InChI=1S/8BrH.2H2O/h8*1H;2*1H2. The Balaban J connectivity index is 0. The molecule has 10 heavy (non-hydrogen) atoms. The van der Waals surface area contributed by atoms with Crippen molar-refractivity contribution in [3.8, 4) is 0 Å². The van der Waals surface area contributed by atoms with Crippen LogP contribution in [0.4, 0.5) is 0 Å². The van der Waals surface area contributed by atoms with E-state index in [4.69, 9.17) is 0 Å². The van der Waals surface area contributed by atoms with Gasteiger partial charge in [-0.3, -0.25) is 0 Å². The fourth-order valence-corrected chi connectivity index (χ4v) is 0. The second-order valence-corrected chi connectivity index (χ2v) is 0. The lowest BCUT2D eigenvalue weighted by atomic mass is 16.0. The minimum absolute atomic E-state index is 0. The van der Waals surface area contributed by atoms with Gasteiger partial charge in [0.15, 0.2) is 0 Å². The third-order valence-corrected chi connectivity index (χ3v) is 0. The quantitative estimate of drug-likeness (QED) is 0.378. The van der Waals surface area contributed by atoms with Gasteiger partial charge in [-0.25, -0.2) is 0 Å². The van der Waals surface area contributed by atoms with Crippen molar-refractivity contribution in [2.45, 2.75) is 0 Å². The van der Waals surface area contributed by atoms with Gasteiger partial charge in [-0.2, -0.15) is 0 Å². The summed E-state index contributed by atoms with van der Waals surface area (Å²) in [7, 11) is 0. The molecule has 0 amide bonds. The Hall–Kier alpha value is 3.76. The molecule has 0 atom stereocenters. The van der Waals surface area contributed by atoms with Crippen molar-refractivity contribution in [1.82, 2.24) is 0 Å². The Morgan fingerprint density at radius 1 is 0.200 bits per heavy atom. The molecule has 0 saturated carbocycles. The van der Waals surface area contributed by atoms with Crippen LogP contribution in [-0.2, 0) is 0 Å². The van der Waals surface area contributed by atoms with Gasteiger partial charge in [0.25, 0.3) is 0 Å². The molecule has 0 aromatic heterocycles. The largest absolute Gasteiger partial charge is 0.412 e. The highest BCUT2D eigenvalue weighted by Crippen LogP contribution is 0.853. The van der Waals surface area contributed by atoms with Crippen molar-refractivity contribution >= 4 is 136 Å². The van der Waals surface area contributed by atoms with Gasteiger partial charge in [0.2, 0.25) is 0 Å². The summed E-state index contributed by atoms with van der Waals surface area (Å²) in [5, 5.41) is 0. The van der Waals surface area contributed by atoms with E-state index in [0.717, 1.165) is 0 Å². The van der Waals surface area contributed by atoms with Crippen LogP contribution in [0, 0.1) is 0 Å². The SMILES string of the molecule is Br.Br.Br.Br.Br.Br.Br.Br.O.O. The zero-order valence-electron chi connectivity index (χ0n) is 4.27. The van der Waals surface area contributed by atoms with Gasteiger partial charge >= 0.3 is 0 Å². The zero-order valence-corrected chi connectivity index (χ0v) is 18.0. The van der Waals surface area contributed by atoms with Crippen LogP contribution >= 0.6 is 136 Å². The van der Waals surface area contributed by atoms with E-state index in [0.29, 0.717) is 0 Å². The summed E-state index contributed by atoms with van der Waals surface area (Å²) in [6.07, 6.45) is 0. The van der Waals surface area contributed by atoms with E-state index < -0.39 is 0 Å². The van der Waals surface area contributed by atoms with Crippen molar-refractivity contribution in [2.75, 3.05) is 0 Å². The molecule has 0 aliphatic heterocycles. The number of rotatable bonds is 0. The minimum Gasteiger partial charge on any atom is -0.412 e. The molecule has 0 bridgehead atoms. The van der Waals surface area contributed by atoms with Gasteiger partial charge < -0.3 is 11.0 Å². The van der Waals surface area contributed by atoms with Gasteiger partial charge in [0, 0.05) is 0 Å². The summed E-state index contributed by atoms with van der Waals surface area (Å²) in [5.74, 6) is 0. The fourth-order valence-electron chi connectivity index (χ4n) is 0. The summed E-state index contributed by atoms with van der Waals surface area (Å²) < 4.78 is 0. The third-order valence-electron chi connectivity index (χ3n) is 0. The molecular weight excluding hydrogens is 671 g/mol. The molecule has 0 fully saturated rings. The van der Waals surface area contributed by atoms with E-state index in [9.17, 15) is 0 Å². The molecule has 0 saturated heterocycles. The Kier molecular flexibility index (Phi) is 1980. The molecule has 0 spiro atoms. The molecule has 0 aliphatic carbocycles. The molecule has 2 nitrogen and oxygen atoms in total. The topological polar surface area (TPSA) is 63.0 Å². The Morgan fingerprint density at radius 2 is 0.200 bits per heavy atom. The maximum Gasteiger partial charge on any atom is -0.114 e. The summed E-state index contributed by atoms with van der Waals surface area (Å²) in [4.78, 5) is 0. The second kappa shape index (κ2) is 125. The monoisotopic (exact) mass is 675 g/mol. The highest BCUT2D eigenvalue weighted by Gasteiger charge is -0.107. The average molecular weight is 683 g/mol. The van der Waals surface area contributed by atoms with Gasteiger partial charge in [-0.1, -0.05) is 0 Å². The first kappa shape index (κ1) is 158. The molecular formula is H12Br8O2. The molecule has 0 aromatic carbocycles. The van der Waals surface area contributed by atoms with Gasteiger partial charge in [0.05, 0.1) is 0 Å². The lowest BCUT2D eigenvalue weighted by Crippen LogP contribution is -0.290. The molecule has 10 heteroatoms. The Labute approximate surface area is 144 Å². The first-order valence-electron chi connectivity index (χ1n) is 0.